The number of carbonyl (C=O) groups excluding carboxylic acids is 1. The van der Waals surface area contributed by atoms with E-state index in [-0.39, 0.29) is 13.2 Å². The van der Waals surface area contributed by atoms with Crippen LogP contribution in [0.15, 0.2) is 24.3 Å². The van der Waals surface area contributed by atoms with E-state index in [1.165, 1.54) is 0 Å². The molecule has 1 aromatic rings. The molecule has 0 spiro atoms. The summed E-state index contributed by atoms with van der Waals surface area (Å²) in [5, 5.41) is -0.809. The van der Waals surface area contributed by atoms with Crippen molar-refractivity contribution in [2.45, 2.75) is 25.0 Å². The summed E-state index contributed by atoms with van der Waals surface area (Å²) in [5.74, 6) is -0.953. The maximum Gasteiger partial charge on any atom is 0.315 e. The lowest BCUT2D eigenvalue weighted by Gasteiger charge is -2.14. The van der Waals surface area contributed by atoms with Crippen molar-refractivity contribution in [3.05, 3.63) is 35.4 Å². The number of rotatable bonds is 5. The minimum absolute atomic E-state index is 0.0396. The van der Waals surface area contributed by atoms with Gasteiger partial charge in [0.05, 0.1) is 11.9 Å². The molecule has 3 atom stereocenters. The maximum atomic E-state index is 12.3. The summed E-state index contributed by atoms with van der Waals surface area (Å²) < 4.78 is 29.2. The number of esters is 1. The largest absolute Gasteiger partial charge is 0.465 e. The van der Waals surface area contributed by atoms with E-state index in [0.717, 1.165) is 17.4 Å². The lowest BCUT2D eigenvalue weighted by molar-refractivity contribution is -0.149. The second-order valence-electron chi connectivity index (χ2n) is 5.60. The summed E-state index contributed by atoms with van der Waals surface area (Å²) >= 11 is 0. The molecule has 5 nitrogen and oxygen atoms in total. The molecule has 1 saturated carbocycles. The van der Waals surface area contributed by atoms with Gasteiger partial charge in [-0.05, 0) is 19.4 Å². The number of sulfone groups is 1. The number of hydrogen-bond acceptors (Lipinski definition) is 5. The van der Waals surface area contributed by atoms with Gasteiger partial charge in [-0.3, -0.25) is 4.79 Å². The molecule has 1 fully saturated rings. The van der Waals surface area contributed by atoms with E-state index in [9.17, 15) is 13.2 Å². The molecule has 0 amide bonds. The van der Waals surface area contributed by atoms with Crippen LogP contribution in [0.4, 0.5) is 0 Å². The van der Waals surface area contributed by atoms with Crippen LogP contribution in [-0.2, 0) is 19.4 Å². The Morgan fingerprint density at radius 3 is 2.33 bits per heavy atom. The van der Waals surface area contributed by atoms with Gasteiger partial charge in [0.1, 0.15) is 5.41 Å². The van der Waals surface area contributed by atoms with Gasteiger partial charge in [0.25, 0.3) is 0 Å². The highest BCUT2D eigenvalue weighted by molar-refractivity contribution is 7.91. The summed E-state index contributed by atoms with van der Waals surface area (Å²) in [4.78, 5) is 12.3. The molecule has 1 aliphatic carbocycles. The van der Waals surface area contributed by atoms with Crippen LogP contribution in [0.3, 0.4) is 0 Å². The lowest BCUT2D eigenvalue weighted by atomic mass is 9.98. The van der Waals surface area contributed by atoms with Crippen molar-refractivity contribution in [3.8, 4) is 0 Å². The van der Waals surface area contributed by atoms with Gasteiger partial charge in [0.2, 0.25) is 0 Å². The van der Waals surface area contributed by atoms with Gasteiger partial charge in [-0.15, -0.1) is 0 Å². The van der Waals surface area contributed by atoms with E-state index in [0.29, 0.717) is 0 Å². The molecular weight excluding hydrogens is 290 g/mol. The third-order valence-corrected chi connectivity index (χ3v) is 5.76. The Bertz CT molecular complexity index is 638. The zero-order valence-electron chi connectivity index (χ0n) is 12.5. The van der Waals surface area contributed by atoms with Gasteiger partial charge in [0.15, 0.2) is 9.84 Å². The first-order valence-electron chi connectivity index (χ1n) is 6.91. The van der Waals surface area contributed by atoms with E-state index >= 15 is 0 Å². The molecule has 0 bridgehead atoms. The third kappa shape index (κ3) is 2.58. The van der Waals surface area contributed by atoms with Crippen molar-refractivity contribution in [3.63, 3.8) is 0 Å². The Hall–Kier alpha value is -1.40. The second kappa shape index (κ2) is 5.42. The Morgan fingerprint density at radius 2 is 1.90 bits per heavy atom. The number of aryl methyl sites for hydroxylation is 1. The van der Waals surface area contributed by atoms with E-state index in [2.05, 4.69) is 0 Å². The second-order valence-corrected chi connectivity index (χ2v) is 7.77. The maximum absolute atomic E-state index is 12.3. The molecule has 1 aliphatic rings. The molecule has 3 unspecified atom stereocenters. The number of nitrogens with two attached hydrogens (primary N) is 1. The third-order valence-electron chi connectivity index (χ3n) is 4.15. The van der Waals surface area contributed by atoms with Crippen LogP contribution in [0.5, 0.6) is 0 Å². The monoisotopic (exact) mass is 311 g/mol. The van der Waals surface area contributed by atoms with Crippen molar-refractivity contribution in [2.75, 3.05) is 19.4 Å². The molecule has 116 valence electrons. The quantitative estimate of drug-likeness (QED) is 0.820. The number of ether oxygens (including phenoxy) is 1. The normalized spacial score (nSPS) is 28.2. The van der Waals surface area contributed by atoms with Crippen LogP contribution < -0.4 is 5.73 Å². The predicted octanol–water partition coefficient (Wildman–Crippen LogP) is 1.01. The van der Waals surface area contributed by atoms with Crippen LogP contribution in [0.25, 0.3) is 0 Å². The fourth-order valence-corrected chi connectivity index (χ4v) is 5.03. The molecule has 0 heterocycles. The average molecular weight is 311 g/mol. The first-order chi connectivity index (χ1) is 9.79. The lowest BCUT2D eigenvalue weighted by Crippen LogP contribution is -2.33. The minimum Gasteiger partial charge on any atom is -0.465 e. The van der Waals surface area contributed by atoms with Gasteiger partial charge in [-0.2, -0.15) is 0 Å². The summed E-state index contributed by atoms with van der Waals surface area (Å²) in [6, 6.07) is 7.52. The summed E-state index contributed by atoms with van der Waals surface area (Å²) in [6.45, 7) is 3.81. The molecule has 0 aromatic heterocycles. The summed E-state index contributed by atoms with van der Waals surface area (Å²) in [6.07, 6.45) is 1.15. The van der Waals surface area contributed by atoms with Crippen LogP contribution in [0.1, 0.15) is 24.0 Å². The Labute approximate surface area is 125 Å². The molecule has 2 rings (SSSR count). The highest BCUT2D eigenvalue weighted by Gasteiger charge is 2.74. The molecule has 2 N–H and O–H groups in total. The highest BCUT2D eigenvalue weighted by atomic mass is 32.2. The zero-order chi connectivity index (χ0) is 15.8. The molecular formula is C15H21NO4S. The van der Waals surface area contributed by atoms with Crippen molar-refractivity contribution in [2.24, 2.45) is 11.1 Å². The van der Waals surface area contributed by atoms with Gasteiger partial charge in [-0.25, -0.2) is 8.42 Å². The number of hydrogen-bond donors (Lipinski definition) is 1. The molecule has 0 radical (unpaired) electrons. The molecule has 0 saturated heterocycles. The fraction of sp³-hybridized carbons (Fsp3) is 0.533. The first-order valence-corrected chi connectivity index (χ1v) is 8.87. The zero-order valence-corrected chi connectivity index (χ0v) is 13.3. The van der Waals surface area contributed by atoms with Gasteiger partial charge >= 0.3 is 5.97 Å². The average Bonchev–Trinajstić information content (AvgIpc) is 3.10. The molecule has 0 aliphatic heterocycles. The topological polar surface area (TPSA) is 86.5 Å². The standard InChI is InChI=1S/C15H21NO4S/c1-4-20-14(17)15(9-16)12(13(15)21(3,18)19)11-7-5-10(2)6-8-11/h5-8,12-13H,4,9,16H2,1-3H3. The van der Waals surface area contributed by atoms with Gasteiger partial charge in [0, 0.05) is 18.7 Å². The Morgan fingerprint density at radius 1 is 1.33 bits per heavy atom. The number of carbonyl (C=O) groups is 1. The predicted molar refractivity (Wildman–Crippen MR) is 80.7 cm³/mol. The summed E-state index contributed by atoms with van der Waals surface area (Å²) in [5.41, 5.74) is 6.51. The molecule has 6 heteroatoms. The molecule has 1 aromatic carbocycles. The van der Waals surface area contributed by atoms with Crippen LogP contribution >= 0.6 is 0 Å². The highest BCUT2D eigenvalue weighted by Crippen LogP contribution is 2.62. The summed E-state index contributed by atoms with van der Waals surface area (Å²) in [7, 11) is -3.40. The van der Waals surface area contributed by atoms with Crippen molar-refractivity contribution in [1.82, 2.24) is 0 Å². The van der Waals surface area contributed by atoms with E-state index in [1.54, 1.807) is 6.92 Å². The Kier molecular flexibility index (Phi) is 4.13. The van der Waals surface area contributed by atoms with E-state index in [1.807, 2.05) is 31.2 Å². The Balaban J connectivity index is 2.47. The fourth-order valence-electron chi connectivity index (χ4n) is 3.11. The van der Waals surface area contributed by atoms with Crippen molar-refractivity contribution >= 4 is 15.8 Å². The van der Waals surface area contributed by atoms with E-state index < -0.39 is 32.4 Å². The van der Waals surface area contributed by atoms with Crippen LogP contribution in [0.2, 0.25) is 0 Å². The van der Waals surface area contributed by atoms with Gasteiger partial charge < -0.3 is 10.5 Å². The van der Waals surface area contributed by atoms with Crippen LogP contribution in [-0.4, -0.2) is 39.0 Å². The smallest absolute Gasteiger partial charge is 0.315 e. The number of benzene rings is 1. The van der Waals surface area contributed by atoms with Crippen LogP contribution in [0, 0.1) is 12.3 Å². The minimum atomic E-state index is -3.40. The molecule has 21 heavy (non-hydrogen) atoms. The van der Waals surface area contributed by atoms with Crippen molar-refractivity contribution in [1.29, 1.82) is 0 Å². The SMILES string of the molecule is CCOC(=O)C1(CN)C(c2ccc(C)cc2)C1S(C)(=O)=O. The van der Waals surface area contributed by atoms with Crippen molar-refractivity contribution < 1.29 is 17.9 Å². The van der Waals surface area contributed by atoms with Gasteiger partial charge in [-0.1, -0.05) is 29.8 Å². The van der Waals surface area contributed by atoms with E-state index in [4.69, 9.17) is 10.5 Å². The first kappa shape index (κ1) is 16.0.